The van der Waals surface area contributed by atoms with Crippen LogP contribution in [0.2, 0.25) is 5.15 Å². The molecule has 0 radical (unpaired) electrons. The van der Waals surface area contributed by atoms with Crippen LogP contribution in [0, 0.1) is 20.8 Å². The fraction of sp³-hybridized carbons (Fsp3) is 0.381. The number of nitrogens with zero attached hydrogens (tertiary/aromatic N) is 4. The van der Waals surface area contributed by atoms with Crippen molar-refractivity contribution in [2.24, 2.45) is 0 Å². The van der Waals surface area contributed by atoms with Gasteiger partial charge in [-0.05, 0) is 50.1 Å². The van der Waals surface area contributed by atoms with E-state index in [1.54, 1.807) is 6.92 Å². The number of nitrogens with one attached hydrogen (secondary N) is 1. The number of piperazine rings is 1. The van der Waals surface area contributed by atoms with Crippen LogP contribution < -0.4 is 10.5 Å². The minimum Gasteiger partial charge on any atom is -0.366 e. The number of halogens is 1. The van der Waals surface area contributed by atoms with E-state index in [0.717, 1.165) is 60.7 Å². The maximum absolute atomic E-state index is 12.0. The molecule has 0 unspecified atom stereocenters. The first-order chi connectivity index (χ1) is 13.4. The molecule has 1 saturated heterocycles. The van der Waals surface area contributed by atoms with Crippen LogP contribution in [0.3, 0.4) is 0 Å². The van der Waals surface area contributed by atoms with Gasteiger partial charge in [-0.3, -0.25) is 9.69 Å². The molecule has 28 heavy (non-hydrogen) atoms. The van der Waals surface area contributed by atoms with Gasteiger partial charge in [0.15, 0.2) is 5.15 Å². The van der Waals surface area contributed by atoms with E-state index in [2.05, 4.69) is 43.8 Å². The van der Waals surface area contributed by atoms with Crippen molar-refractivity contribution in [2.75, 3.05) is 31.1 Å². The molecule has 3 heterocycles. The van der Waals surface area contributed by atoms with E-state index >= 15 is 0 Å². The monoisotopic (exact) mass is 397 g/mol. The summed E-state index contributed by atoms with van der Waals surface area (Å²) in [6, 6.07) is 8.17. The molecule has 0 saturated carbocycles. The maximum Gasteiger partial charge on any atom is 0.269 e. The van der Waals surface area contributed by atoms with Crippen molar-refractivity contribution in [1.29, 1.82) is 0 Å². The number of anilines is 1. The Morgan fingerprint density at radius 1 is 1.04 bits per heavy atom. The third-order valence-electron chi connectivity index (χ3n) is 5.49. The van der Waals surface area contributed by atoms with Crippen LogP contribution in [0.25, 0.3) is 11.0 Å². The molecule has 0 spiro atoms. The van der Waals surface area contributed by atoms with E-state index in [1.807, 2.05) is 19.1 Å². The molecule has 2 aromatic heterocycles. The van der Waals surface area contributed by atoms with Gasteiger partial charge in [0.25, 0.3) is 5.56 Å². The number of hydrogen-bond acceptors (Lipinski definition) is 5. The number of fused-ring (bicyclic) bond motifs is 1. The van der Waals surface area contributed by atoms with Gasteiger partial charge in [0.2, 0.25) is 0 Å². The van der Waals surface area contributed by atoms with Gasteiger partial charge in [-0.2, -0.15) is 0 Å². The topological polar surface area (TPSA) is 65.1 Å². The van der Waals surface area contributed by atoms with E-state index in [1.165, 1.54) is 5.56 Å². The molecule has 0 bridgehead atoms. The van der Waals surface area contributed by atoms with Crippen LogP contribution >= 0.6 is 11.6 Å². The summed E-state index contributed by atoms with van der Waals surface area (Å²) < 4.78 is 0. The minimum atomic E-state index is -0.120. The average molecular weight is 398 g/mol. The second-order valence-corrected chi connectivity index (χ2v) is 7.78. The van der Waals surface area contributed by atoms with Gasteiger partial charge in [0, 0.05) is 38.4 Å². The number of aryl methyl sites for hydroxylation is 3. The van der Waals surface area contributed by atoms with Crippen molar-refractivity contribution < 1.29 is 0 Å². The Balaban J connectivity index is 1.48. The van der Waals surface area contributed by atoms with Crippen molar-refractivity contribution in [3.8, 4) is 0 Å². The summed E-state index contributed by atoms with van der Waals surface area (Å²) in [6.07, 6.45) is 0. The van der Waals surface area contributed by atoms with Gasteiger partial charge in [0.05, 0.1) is 16.7 Å². The summed E-state index contributed by atoms with van der Waals surface area (Å²) in [7, 11) is 0. The van der Waals surface area contributed by atoms with Crippen LogP contribution in [0.15, 0.2) is 29.1 Å². The highest BCUT2D eigenvalue weighted by atomic mass is 35.5. The summed E-state index contributed by atoms with van der Waals surface area (Å²) in [5.74, 6) is 0. The molecular weight excluding hydrogens is 374 g/mol. The lowest BCUT2D eigenvalue weighted by molar-refractivity contribution is 0.249. The molecule has 0 aliphatic carbocycles. The van der Waals surface area contributed by atoms with Gasteiger partial charge >= 0.3 is 0 Å². The number of H-pyrrole nitrogens is 1. The standard InChI is InChI=1S/C21H24ClN5O/c1-13-4-7-18(20(22)23-13)27-10-8-26(9-11-27)12-16-5-6-17-19(14(16)2)25-21(28)15(3)24-17/h4-7H,8-12H2,1-3H3,(H,25,28). The smallest absolute Gasteiger partial charge is 0.269 e. The lowest BCUT2D eigenvalue weighted by atomic mass is 10.1. The van der Waals surface area contributed by atoms with Crippen molar-refractivity contribution in [1.82, 2.24) is 19.9 Å². The number of aromatic amines is 1. The van der Waals surface area contributed by atoms with Gasteiger partial charge in [0.1, 0.15) is 5.69 Å². The Morgan fingerprint density at radius 2 is 1.79 bits per heavy atom. The third kappa shape index (κ3) is 3.62. The predicted molar refractivity (Wildman–Crippen MR) is 113 cm³/mol. The Bertz CT molecular complexity index is 1090. The second kappa shape index (κ2) is 7.53. The van der Waals surface area contributed by atoms with E-state index in [0.29, 0.717) is 10.8 Å². The number of benzene rings is 1. The Hall–Kier alpha value is -2.44. The largest absolute Gasteiger partial charge is 0.366 e. The highest BCUT2D eigenvalue weighted by molar-refractivity contribution is 6.32. The summed E-state index contributed by atoms with van der Waals surface area (Å²) >= 11 is 6.33. The summed E-state index contributed by atoms with van der Waals surface area (Å²) in [4.78, 5) is 28.4. The minimum absolute atomic E-state index is 0.120. The van der Waals surface area contributed by atoms with Gasteiger partial charge in [-0.15, -0.1) is 0 Å². The van der Waals surface area contributed by atoms with E-state index in [9.17, 15) is 4.79 Å². The lowest BCUT2D eigenvalue weighted by Gasteiger charge is -2.36. The third-order valence-corrected chi connectivity index (χ3v) is 5.76. The number of rotatable bonds is 3. The van der Waals surface area contributed by atoms with Crippen molar-refractivity contribution in [2.45, 2.75) is 27.3 Å². The SMILES string of the molecule is Cc1ccc(N2CCN(Cc3ccc4nc(C)c(=O)[nH]c4c3C)CC2)c(Cl)n1. The first kappa shape index (κ1) is 18.9. The van der Waals surface area contributed by atoms with Crippen molar-refractivity contribution in [3.05, 3.63) is 62.3 Å². The molecule has 7 heteroatoms. The molecule has 1 aromatic carbocycles. The highest BCUT2D eigenvalue weighted by Gasteiger charge is 2.20. The Kier molecular flexibility index (Phi) is 5.08. The number of pyridine rings is 1. The Labute approximate surface area is 169 Å². The fourth-order valence-electron chi connectivity index (χ4n) is 3.74. The zero-order valence-corrected chi connectivity index (χ0v) is 17.2. The van der Waals surface area contributed by atoms with Crippen LogP contribution in [0.1, 0.15) is 22.5 Å². The van der Waals surface area contributed by atoms with Crippen LogP contribution in [0.5, 0.6) is 0 Å². The fourth-order valence-corrected chi connectivity index (χ4v) is 4.06. The summed E-state index contributed by atoms with van der Waals surface area (Å²) in [6.45, 7) is 10.3. The lowest BCUT2D eigenvalue weighted by Crippen LogP contribution is -2.46. The van der Waals surface area contributed by atoms with Crippen LogP contribution in [-0.4, -0.2) is 46.0 Å². The van der Waals surface area contributed by atoms with Crippen molar-refractivity contribution >= 4 is 28.3 Å². The van der Waals surface area contributed by atoms with Gasteiger partial charge in [-0.25, -0.2) is 9.97 Å². The van der Waals surface area contributed by atoms with Crippen LogP contribution in [0.4, 0.5) is 5.69 Å². The van der Waals surface area contributed by atoms with Crippen molar-refractivity contribution in [3.63, 3.8) is 0 Å². The quantitative estimate of drug-likeness (QED) is 0.687. The molecule has 1 aliphatic rings. The van der Waals surface area contributed by atoms with Crippen LogP contribution in [-0.2, 0) is 6.54 Å². The van der Waals surface area contributed by atoms with Gasteiger partial charge < -0.3 is 9.88 Å². The number of aromatic nitrogens is 3. The zero-order valence-electron chi connectivity index (χ0n) is 16.4. The number of hydrogen-bond donors (Lipinski definition) is 1. The average Bonchev–Trinajstić information content (AvgIpc) is 2.67. The molecule has 0 atom stereocenters. The molecule has 1 N–H and O–H groups in total. The summed E-state index contributed by atoms with van der Waals surface area (Å²) in [5.41, 5.74) is 6.31. The zero-order chi connectivity index (χ0) is 19.8. The summed E-state index contributed by atoms with van der Waals surface area (Å²) in [5, 5.41) is 0.575. The normalized spacial score (nSPS) is 15.4. The molecule has 1 aliphatic heterocycles. The molecule has 1 fully saturated rings. The highest BCUT2D eigenvalue weighted by Crippen LogP contribution is 2.26. The predicted octanol–water partition coefficient (Wildman–Crippen LogP) is 3.22. The second-order valence-electron chi connectivity index (χ2n) is 7.42. The molecule has 0 amide bonds. The molecule has 4 rings (SSSR count). The molecule has 3 aromatic rings. The van der Waals surface area contributed by atoms with Gasteiger partial charge in [-0.1, -0.05) is 17.7 Å². The first-order valence-electron chi connectivity index (χ1n) is 9.52. The van der Waals surface area contributed by atoms with E-state index in [-0.39, 0.29) is 5.56 Å². The van der Waals surface area contributed by atoms with E-state index < -0.39 is 0 Å². The van der Waals surface area contributed by atoms with E-state index in [4.69, 9.17) is 11.6 Å². The maximum atomic E-state index is 12.0. The molecule has 6 nitrogen and oxygen atoms in total. The molecule has 146 valence electrons. The first-order valence-corrected chi connectivity index (χ1v) is 9.90. The molecular formula is C21H24ClN5O. The Morgan fingerprint density at radius 3 is 2.50 bits per heavy atom.